The Morgan fingerprint density at radius 1 is 1.06 bits per heavy atom. The maximum absolute atomic E-state index is 3.60. The molecule has 1 aliphatic rings. The van der Waals surface area contributed by atoms with Gasteiger partial charge in [0.2, 0.25) is 0 Å². The van der Waals surface area contributed by atoms with Gasteiger partial charge in [0, 0.05) is 6.54 Å². The predicted molar refractivity (Wildman–Crippen MR) is 73.1 cm³/mol. The normalized spacial score (nSPS) is 24.0. The SMILES string of the molecule is CC1=CC(C)(c2cccc3ccccc23)NC1. The van der Waals surface area contributed by atoms with Crippen molar-refractivity contribution in [3.63, 3.8) is 0 Å². The summed E-state index contributed by atoms with van der Waals surface area (Å²) in [6.07, 6.45) is 2.34. The van der Waals surface area contributed by atoms with Gasteiger partial charge in [-0.1, -0.05) is 54.1 Å². The van der Waals surface area contributed by atoms with Gasteiger partial charge in [0.05, 0.1) is 5.54 Å². The van der Waals surface area contributed by atoms with Gasteiger partial charge in [-0.15, -0.1) is 0 Å². The third-order valence-corrected chi connectivity index (χ3v) is 3.62. The summed E-state index contributed by atoms with van der Waals surface area (Å²) >= 11 is 0. The molecule has 0 saturated heterocycles. The third-order valence-electron chi connectivity index (χ3n) is 3.62. The van der Waals surface area contributed by atoms with Crippen LogP contribution < -0.4 is 5.32 Å². The molecule has 1 aliphatic heterocycles. The highest BCUT2D eigenvalue weighted by Crippen LogP contribution is 2.33. The van der Waals surface area contributed by atoms with Gasteiger partial charge in [0.1, 0.15) is 0 Å². The second kappa shape index (κ2) is 3.71. The van der Waals surface area contributed by atoms with Crippen LogP contribution in [-0.4, -0.2) is 6.54 Å². The van der Waals surface area contributed by atoms with E-state index in [1.165, 1.54) is 21.9 Å². The number of nitrogens with one attached hydrogen (secondary N) is 1. The second-order valence-corrected chi connectivity index (χ2v) is 5.07. The number of benzene rings is 2. The van der Waals surface area contributed by atoms with Crippen LogP contribution in [0.15, 0.2) is 54.1 Å². The van der Waals surface area contributed by atoms with E-state index in [9.17, 15) is 0 Å². The van der Waals surface area contributed by atoms with E-state index in [1.54, 1.807) is 0 Å². The standard InChI is InChI=1S/C16H17N/c1-12-10-16(2,17-11-12)15-9-5-7-13-6-3-4-8-14(13)15/h3-10,17H,11H2,1-2H3. The third kappa shape index (κ3) is 1.67. The van der Waals surface area contributed by atoms with Crippen molar-refractivity contribution in [3.8, 4) is 0 Å². The Morgan fingerprint density at radius 2 is 1.82 bits per heavy atom. The molecule has 1 heteroatoms. The molecule has 0 radical (unpaired) electrons. The van der Waals surface area contributed by atoms with Crippen LogP contribution in [0.5, 0.6) is 0 Å². The van der Waals surface area contributed by atoms with Crippen molar-refractivity contribution in [1.29, 1.82) is 0 Å². The summed E-state index contributed by atoms with van der Waals surface area (Å²) in [5.41, 5.74) is 2.76. The van der Waals surface area contributed by atoms with E-state index in [-0.39, 0.29) is 5.54 Å². The maximum Gasteiger partial charge on any atom is 0.0603 e. The number of hydrogen-bond acceptors (Lipinski definition) is 1. The Labute approximate surface area is 102 Å². The smallest absolute Gasteiger partial charge is 0.0603 e. The van der Waals surface area contributed by atoms with Crippen LogP contribution in [0.3, 0.4) is 0 Å². The summed E-state index contributed by atoms with van der Waals surface area (Å²) in [5.74, 6) is 0. The molecule has 3 rings (SSSR count). The highest BCUT2D eigenvalue weighted by atomic mass is 15.0. The molecule has 0 spiro atoms. The lowest BCUT2D eigenvalue weighted by molar-refractivity contribution is 0.514. The van der Waals surface area contributed by atoms with Crippen molar-refractivity contribution in [3.05, 3.63) is 59.7 Å². The highest BCUT2D eigenvalue weighted by Gasteiger charge is 2.29. The minimum Gasteiger partial charge on any atom is -0.301 e. The van der Waals surface area contributed by atoms with E-state index in [1.807, 2.05) is 0 Å². The molecule has 0 aromatic heterocycles. The van der Waals surface area contributed by atoms with Crippen molar-refractivity contribution in [2.45, 2.75) is 19.4 Å². The Bertz CT molecular complexity index is 592. The predicted octanol–water partition coefficient (Wildman–Crippen LogP) is 3.60. The zero-order chi connectivity index (χ0) is 11.9. The monoisotopic (exact) mass is 223 g/mol. The Balaban J connectivity index is 2.25. The van der Waals surface area contributed by atoms with Crippen LogP contribution in [0.25, 0.3) is 10.8 Å². The van der Waals surface area contributed by atoms with E-state index < -0.39 is 0 Å². The number of rotatable bonds is 1. The summed E-state index contributed by atoms with van der Waals surface area (Å²) in [5, 5.41) is 6.25. The fraction of sp³-hybridized carbons (Fsp3) is 0.250. The molecular formula is C16H17N. The Hall–Kier alpha value is -1.60. The van der Waals surface area contributed by atoms with E-state index >= 15 is 0 Å². The summed E-state index contributed by atoms with van der Waals surface area (Å²) in [7, 11) is 0. The summed E-state index contributed by atoms with van der Waals surface area (Å²) in [4.78, 5) is 0. The lowest BCUT2D eigenvalue weighted by Crippen LogP contribution is -2.33. The number of fused-ring (bicyclic) bond motifs is 1. The lowest BCUT2D eigenvalue weighted by atomic mass is 9.88. The lowest BCUT2D eigenvalue weighted by Gasteiger charge is -2.25. The Morgan fingerprint density at radius 3 is 2.59 bits per heavy atom. The summed E-state index contributed by atoms with van der Waals surface area (Å²) in [6, 6.07) is 15.1. The minimum absolute atomic E-state index is 0.0229. The fourth-order valence-corrected chi connectivity index (χ4v) is 2.77. The first kappa shape index (κ1) is 10.5. The average Bonchev–Trinajstić information content (AvgIpc) is 2.70. The second-order valence-electron chi connectivity index (χ2n) is 5.07. The van der Waals surface area contributed by atoms with Gasteiger partial charge in [-0.05, 0) is 30.2 Å². The van der Waals surface area contributed by atoms with Crippen molar-refractivity contribution in [1.82, 2.24) is 5.32 Å². The molecule has 1 N–H and O–H groups in total. The first-order valence-corrected chi connectivity index (χ1v) is 6.11. The fourth-order valence-electron chi connectivity index (χ4n) is 2.77. The molecule has 0 fully saturated rings. The van der Waals surface area contributed by atoms with Crippen molar-refractivity contribution in [2.24, 2.45) is 0 Å². The molecular weight excluding hydrogens is 206 g/mol. The molecule has 2 aromatic carbocycles. The highest BCUT2D eigenvalue weighted by molar-refractivity contribution is 5.87. The molecule has 0 aliphatic carbocycles. The number of hydrogen-bond donors (Lipinski definition) is 1. The maximum atomic E-state index is 3.60. The van der Waals surface area contributed by atoms with Crippen LogP contribution in [0, 0.1) is 0 Å². The summed E-state index contributed by atoms with van der Waals surface area (Å²) < 4.78 is 0. The first-order chi connectivity index (χ1) is 8.19. The van der Waals surface area contributed by atoms with Crippen LogP contribution in [0.1, 0.15) is 19.4 Å². The van der Waals surface area contributed by atoms with Gasteiger partial charge in [0.15, 0.2) is 0 Å². The molecule has 1 unspecified atom stereocenters. The van der Waals surface area contributed by atoms with Crippen LogP contribution in [-0.2, 0) is 5.54 Å². The van der Waals surface area contributed by atoms with Crippen molar-refractivity contribution < 1.29 is 0 Å². The largest absolute Gasteiger partial charge is 0.301 e. The summed E-state index contributed by atoms with van der Waals surface area (Å²) in [6.45, 7) is 5.42. The molecule has 1 heterocycles. The molecule has 1 nitrogen and oxygen atoms in total. The first-order valence-electron chi connectivity index (χ1n) is 6.11. The van der Waals surface area contributed by atoms with Gasteiger partial charge >= 0.3 is 0 Å². The van der Waals surface area contributed by atoms with Gasteiger partial charge in [-0.25, -0.2) is 0 Å². The Kier molecular flexibility index (Phi) is 2.30. The zero-order valence-electron chi connectivity index (χ0n) is 10.3. The topological polar surface area (TPSA) is 12.0 Å². The van der Waals surface area contributed by atoms with Crippen molar-refractivity contribution in [2.75, 3.05) is 6.54 Å². The van der Waals surface area contributed by atoms with Crippen LogP contribution in [0.2, 0.25) is 0 Å². The van der Waals surface area contributed by atoms with Crippen molar-refractivity contribution >= 4 is 10.8 Å². The quantitative estimate of drug-likeness (QED) is 0.728. The van der Waals surface area contributed by atoms with Gasteiger partial charge < -0.3 is 5.32 Å². The molecule has 0 saturated carbocycles. The molecule has 86 valence electrons. The van der Waals surface area contributed by atoms with Crippen LogP contribution >= 0.6 is 0 Å². The minimum atomic E-state index is -0.0229. The molecule has 17 heavy (non-hydrogen) atoms. The average molecular weight is 223 g/mol. The van der Waals surface area contributed by atoms with E-state index in [4.69, 9.17) is 0 Å². The molecule has 0 bridgehead atoms. The van der Waals surface area contributed by atoms with Gasteiger partial charge in [-0.2, -0.15) is 0 Å². The van der Waals surface area contributed by atoms with E-state index in [0.29, 0.717) is 0 Å². The molecule has 2 aromatic rings. The van der Waals surface area contributed by atoms with Crippen LogP contribution in [0.4, 0.5) is 0 Å². The zero-order valence-corrected chi connectivity index (χ0v) is 10.3. The molecule has 1 atom stereocenters. The van der Waals surface area contributed by atoms with Gasteiger partial charge in [-0.3, -0.25) is 0 Å². The molecule has 0 amide bonds. The van der Waals surface area contributed by atoms with Gasteiger partial charge in [0.25, 0.3) is 0 Å². The van der Waals surface area contributed by atoms with E-state index in [0.717, 1.165) is 6.54 Å². The van der Waals surface area contributed by atoms with E-state index in [2.05, 4.69) is 67.7 Å².